The van der Waals surface area contributed by atoms with Gasteiger partial charge >= 0.3 is 0 Å². The number of anilines is 2. The van der Waals surface area contributed by atoms with Crippen molar-refractivity contribution in [3.63, 3.8) is 0 Å². The van der Waals surface area contributed by atoms with Crippen molar-refractivity contribution in [2.24, 2.45) is 0 Å². The van der Waals surface area contributed by atoms with Crippen LogP contribution < -0.4 is 10.6 Å². The number of rotatable bonds is 7. The summed E-state index contributed by atoms with van der Waals surface area (Å²) >= 11 is 0. The third-order valence-corrected chi connectivity index (χ3v) is 5.01. The minimum atomic E-state index is -4.28. The molecule has 146 valence electrons. The van der Waals surface area contributed by atoms with Gasteiger partial charge in [-0.2, -0.15) is 13.7 Å². The van der Waals surface area contributed by atoms with Crippen LogP contribution in [0.4, 0.5) is 11.4 Å². The van der Waals surface area contributed by atoms with Gasteiger partial charge in [0.15, 0.2) is 0 Å². The number of hydrogen-bond acceptors (Lipinski definition) is 5. The highest BCUT2D eigenvalue weighted by molar-refractivity contribution is 7.85. The van der Waals surface area contributed by atoms with Crippen LogP contribution in [0.15, 0.2) is 59.1 Å². The van der Waals surface area contributed by atoms with Crippen LogP contribution >= 0.6 is 0 Å². The topological polar surface area (TPSA) is 119 Å². The van der Waals surface area contributed by atoms with Crippen LogP contribution in [0.1, 0.15) is 25.0 Å². The summed E-state index contributed by atoms with van der Waals surface area (Å²) in [5.74, 6) is -0.542. The Balaban J connectivity index is 2.19. The van der Waals surface area contributed by atoms with Crippen LogP contribution in [0.2, 0.25) is 0 Å². The second-order valence-electron chi connectivity index (χ2n) is 5.93. The van der Waals surface area contributed by atoms with Crippen molar-refractivity contribution in [1.29, 1.82) is 5.26 Å². The number of nitriles is 1. The van der Waals surface area contributed by atoms with Crippen LogP contribution in [0.5, 0.6) is 0 Å². The van der Waals surface area contributed by atoms with Gasteiger partial charge in [-0.25, -0.2) is 0 Å². The van der Waals surface area contributed by atoms with Gasteiger partial charge < -0.3 is 10.6 Å². The van der Waals surface area contributed by atoms with Gasteiger partial charge in [-0.05, 0) is 48.2 Å². The number of nitrogens with zero attached hydrogens (tertiary/aromatic N) is 1. The van der Waals surface area contributed by atoms with Gasteiger partial charge in [0.1, 0.15) is 11.6 Å². The first kappa shape index (κ1) is 21.2. The smallest absolute Gasteiger partial charge is 0.294 e. The van der Waals surface area contributed by atoms with Gasteiger partial charge in [0.05, 0.1) is 4.90 Å². The Morgan fingerprint density at radius 2 is 1.68 bits per heavy atom. The van der Waals surface area contributed by atoms with E-state index in [-0.39, 0.29) is 10.5 Å². The van der Waals surface area contributed by atoms with Gasteiger partial charge in [-0.15, -0.1) is 0 Å². The van der Waals surface area contributed by atoms with Crippen LogP contribution in [0.3, 0.4) is 0 Å². The van der Waals surface area contributed by atoms with E-state index in [0.717, 1.165) is 29.7 Å². The number of carbonyl (C=O) groups is 1. The summed E-state index contributed by atoms with van der Waals surface area (Å²) in [5, 5.41) is 14.9. The van der Waals surface area contributed by atoms with E-state index in [4.69, 9.17) is 4.55 Å². The average Bonchev–Trinajstić information content (AvgIpc) is 2.68. The molecule has 0 fully saturated rings. The first-order valence-electron chi connectivity index (χ1n) is 8.66. The molecule has 1 amide bonds. The van der Waals surface area contributed by atoms with Gasteiger partial charge in [0, 0.05) is 17.6 Å². The lowest BCUT2D eigenvalue weighted by Gasteiger charge is -2.14. The van der Waals surface area contributed by atoms with E-state index in [9.17, 15) is 18.5 Å². The highest BCUT2D eigenvalue weighted by atomic mass is 32.2. The predicted molar refractivity (Wildman–Crippen MR) is 107 cm³/mol. The normalized spacial score (nSPS) is 11.6. The number of nitrogens with one attached hydrogen (secondary N) is 2. The monoisotopic (exact) mass is 399 g/mol. The van der Waals surface area contributed by atoms with E-state index in [1.165, 1.54) is 30.5 Å². The van der Waals surface area contributed by atoms with E-state index in [1.807, 2.05) is 38.1 Å². The fourth-order valence-electron chi connectivity index (χ4n) is 2.61. The minimum Gasteiger partial charge on any atom is -0.360 e. The lowest BCUT2D eigenvalue weighted by molar-refractivity contribution is -0.112. The Morgan fingerprint density at radius 1 is 1.11 bits per heavy atom. The molecule has 0 bridgehead atoms. The molecule has 2 aromatic carbocycles. The molecular weight excluding hydrogens is 378 g/mol. The minimum absolute atomic E-state index is 0.133. The molecule has 0 unspecified atom stereocenters. The fourth-order valence-corrected chi connectivity index (χ4v) is 3.09. The summed E-state index contributed by atoms with van der Waals surface area (Å²) in [6.07, 6.45) is 2.73. The van der Waals surface area contributed by atoms with Gasteiger partial charge in [-0.3, -0.25) is 9.35 Å². The van der Waals surface area contributed by atoms with E-state index in [2.05, 4.69) is 10.6 Å². The standard InChI is InChI=1S/C20H21N3O4S/c1-3-14-6-5-7-15(4-2)19(14)23-20(24)16(12-21)13-22-17-8-10-18(11-9-17)28(25,26)27/h5-11,13,22H,3-4H2,1-2H3,(H,23,24)(H,25,26,27)/b16-13-. The zero-order chi connectivity index (χ0) is 20.7. The summed E-state index contributed by atoms with van der Waals surface area (Å²) in [7, 11) is -4.28. The van der Waals surface area contributed by atoms with Crippen molar-refractivity contribution in [2.45, 2.75) is 31.6 Å². The Hall–Kier alpha value is -3.15. The Morgan fingerprint density at radius 3 is 2.14 bits per heavy atom. The molecule has 7 nitrogen and oxygen atoms in total. The zero-order valence-electron chi connectivity index (χ0n) is 15.6. The second kappa shape index (κ2) is 9.17. The number of hydrogen-bond donors (Lipinski definition) is 3. The molecule has 2 aromatic rings. The third kappa shape index (κ3) is 5.19. The molecule has 0 aliphatic heterocycles. The van der Waals surface area contributed by atoms with Crippen LogP contribution in [-0.2, 0) is 27.8 Å². The molecule has 28 heavy (non-hydrogen) atoms. The number of para-hydroxylation sites is 1. The summed E-state index contributed by atoms with van der Waals surface area (Å²) < 4.78 is 31.1. The SMILES string of the molecule is CCc1cccc(CC)c1NC(=O)/C(C#N)=C\Nc1ccc(S(=O)(=O)O)cc1. The van der Waals surface area contributed by atoms with E-state index in [0.29, 0.717) is 5.69 Å². The average molecular weight is 399 g/mol. The number of aryl methyl sites for hydroxylation is 2. The summed E-state index contributed by atoms with van der Waals surface area (Å²) in [6.45, 7) is 3.98. The molecule has 0 heterocycles. The lowest BCUT2D eigenvalue weighted by Crippen LogP contribution is -2.17. The number of amides is 1. The van der Waals surface area contributed by atoms with Crippen LogP contribution in [-0.4, -0.2) is 18.9 Å². The zero-order valence-corrected chi connectivity index (χ0v) is 16.4. The molecule has 8 heteroatoms. The largest absolute Gasteiger partial charge is 0.360 e. The first-order valence-corrected chi connectivity index (χ1v) is 10.1. The maximum Gasteiger partial charge on any atom is 0.294 e. The Bertz CT molecular complexity index is 1010. The van der Waals surface area contributed by atoms with E-state index >= 15 is 0 Å². The highest BCUT2D eigenvalue weighted by Crippen LogP contribution is 2.23. The quantitative estimate of drug-likeness (QED) is 0.372. The Kier molecular flexibility index (Phi) is 6.93. The molecule has 0 saturated carbocycles. The highest BCUT2D eigenvalue weighted by Gasteiger charge is 2.14. The van der Waals surface area contributed by atoms with E-state index < -0.39 is 16.0 Å². The predicted octanol–water partition coefficient (Wildman–Crippen LogP) is 3.52. The van der Waals surface area contributed by atoms with Crippen molar-refractivity contribution in [1.82, 2.24) is 0 Å². The molecule has 0 saturated heterocycles. The molecule has 0 aliphatic carbocycles. The molecule has 2 rings (SSSR count). The maximum absolute atomic E-state index is 12.5. The number of benzene rings is 2. The lowest BCUT2D eigenvalue weighted by atomic mass is 10.0. The molecule has 0 aromatic heterocycles. The summed E-state index contributed by atoms with van der Waals surface area (Å²) in [6, 6.07) is 12.9. The molecule has 0 atom stereocenters. The Labute approximate surface area is 164 Å². The molecule has 3 N–H and O–H groups in total. The van der Waals surface area contributed by atoms with Gasteiger partial charge in [0.2, 0.25) is 0 Å². The third-order valence-electron chi connectivity index (χ3n) is 4.14. The summed E-state index contributed by atoms with van der Waals surface area (Å²) in [5.41, 5.74) is 3.01. The van der Waals surface area contributed by atoms with Gasteiger partial charge in [-0.1, -0.05) is 32.0 Å². The van der Waals surface area contributed by atoms with Crippen molar-refractivity contribution in [3.05, 3.63) is 65.4 Å². The van der Waals surface area contributed by atoms with Crippen molar-refractivity contribution >= 4 is 27.4 Å². The second-order valence-corrected chi connectivity index (χ2v) is 7.35. The molecule has 0 spiro atoms. The van der Waals surface area contributed by atoms with Crippen LogP contribution in [0, 0.1) is 11.3 Å². The van der Waals surface area contributed by atoms with E-state index in [1.54, 1.807) is 0 Å². The fraction of sp³-hybridized carbons (Fsp3) is 0.200. The van der Waals surface area contributed by atoms with Crippen LogP contribution in [0.25, 0.3) is 0 Å². The molecule has 0 radical (unpaired) electrons. The molecular formula is C20H21N3O4S. The summed E-state index contributed by atoms with van der Waals surface area (Å²) in [4.78, 5) is 12.3. The van der Waals surface area contributed by atoms with Gasteiger partial charge in [0.25, 0.3) is 16.0 Å². The van der Waals surface area contributed by atoms with Crippen molar-refractivity contribution in [3.8, 4) is 6.07 Å². The van der Waals surface area contributed by atoms with Crippen molar-refractivity contribution < 1.29 is 17.8 Å². The molecule has 0 aliphatic rings. The van der Waals surface area contributed by atoms with Crippen molar-refractivity contribution in [2.75, 3.05) is 10.6 Å². The first-order chi connectivity index (χ1) is 13.3. The maximum atomic E-state index is 12.5. The number of carbonyl (C=O) groups excluding carboxylic acids is 1.